The number of aliphatic hydroxyl groups is 1. The predicted molar refractivity (Wildman–Crippen MR) is 53.7 cm³/mol. The van der Waals surface area contributed by atoms with Gasteiger partial charge in [0, 0.05) is 0 Å². The van der Waals surface area contributed by atoms with Gasteiger partial charge in [-0.05, 0) is 55.9 Å². The topological polar surface area (TPSA) is 29.5 Å². The van der Waals surface area contributed by atoms with E-state index in [9.17, 15) is 5.11 Å². The van der Waals surface area contributed by atoms with Crippen LogP contribution in [0.4, 0.5) is 0 Å². The van der Waals surface area contributed by atoms with Gasteiger partial charge in [0.2, 0.25) is 0 Å². The lowest BCUT2D eigenvalue weighted by molar-refractivity contribution is 0.0112. The molecule has 2 fully saturated rings. The lowest BCUT2D eigenvalue weighted by Crippen LogP contribution is -2.38. The van der Waals surface area contributed by atoms with Gasteiger partial charge in [0.25, 0.3) is 0 Å². The van der Waals surface area contributed by atoms with Crippen molar-refractivity contribution in [3.8, 4) is 0 Å². The Labute approximate surface area is 85.0 Å². The molecule has 3 rings (SSSR count). The molecule has 3 atom stereocenters. The van der Waals surface area contributed by atoms with Gasteiger partial charge in [-0.25, -0.2) is 0 Å². The van der Waals surface area contributed by atoms with E-state index >= 15 is 0 Å². The largest absolute Gasteiger partial charge is 0.501 e. The van der Waals surface area contributed by atoms with Crippen molar-refractivity contribution in [1.82, 2.24) is 0 Å². The van der Waals surface area contributed by atoms with Crippen molar-refractivity contribution in [2.45, 2.75) is 44.1 Å². The van der Waals surface area contributed by atoms with Crippen LogP contribution in [0.2, 0.25) is 0 Å². The summed E-state index contributed by atoms with van der Waals surface area (Å²) in [4.78, 5) is 0. The molecule has 0 radical (unpaired) electrons. The zero-order valence-electron chi connectivity index (χ0n) is 8.54. The van der Waals surface area contributed by atoms with E-state index in [1.54, 1.807) is 0 Å². The van der Waals surface area contributed by atoms with E-state index in [0.29, 0.717) is 5.92 Å². The van der Waals surface area contributed by atoms with Gasteiger partial charge >= 0.3 is 0 Å². The van der Waals surface area contributed by atoms with Crippen molar-refractivity contribution in [3.63, 3.8) is 0 Å². The standard InChI is InChI=1S/C12H18O2/c13-12(11-2-1-5-14-8-11)7-9-3-4-10(12)6-9/h8-10,13H,1-7H2. The zero-order chi connectivity index (χ0) is 9.60. The Morgan fingerprint density at radius 2 is 2.36 bits per heavy atom. The summed E-state index contributed by atoms with van der Waals surface area (Å²) in [5, 5.41) is 10.7. The third kappa shape index (κ3) is 1.13. The van der Waals surface area contributed by atoms with Crippen LogP contribution < -0.4 is 0 Å². The fraction of sp³-hybridized carbons (Fsp3) is 0.833. The van der Waals surface area contributed by atoms with Crippen LogP contribution in [0.5, 0.6) is 0 Å². The molecule has 2 saturated carbocycles. The van der Waals surface area contributed by atoms with Crippen LogP contribution >= 0.6 is 0 Å². The van der Waals surface area contributed by atoms with Crippen LogP contribution in [0.25, 0.3) is 0 Å². The Balaban J connectivity index is 1.86. The SMILES string of the molecule is OC1(C2=COCCC2)CC2CCC1C2. The van der Waals surface area contributed by atoms with Crippen molar-refractivity contribution in [2.75, 3.05) is 6.61 Å². The van der Waals surface area contributed by atoms with Gasteiger partial charge in [-0.3, -0.25) is 0 Å². The summed E-state index contributed by atoms with van der Waals surface area (Å²) >= 11 is 0. The molecule has 0 aromatic heterocycles. The molecule has 14 heavy (non-hydrogen) atoms. The summed E-state index contributed by atoms with van der Waals surface area (Å²) < 4.78 is 5.35. The molecule has 3 unspecified atom stereocenters. The highest BCUT2D eigenvalue weighted by atomic mass is 16.5. The number of hydrogen-bond acceptors (Lipinski definition) is 2. The number of fused-ring (bicyclic) bond motifs is 2. The van der Waals surface area contributed by atoms with Crippen LogP contribution in [0, 0.1) is 11.8 Å². The van der Waals surface area contributed by atoms with Crippen molar-refractivity contribution in [2.24, 2.45) is 11.8 Å². The van der Waals surface area contributed by atoms with E-state index < -0.39 is 5.60 Å². The number of hydrogen-bond donors (Lipinski definition) is 1. The number of rotatable bonds is 1. The molecule has 3 aliphatic rings. The smallest absolute Gasteiger partial charge is 0.0919 e. The van der Waals surface area contributed by atoms with Crippen molar-refractivity contribution >= 4 is 0 Å². The highest BCUT2D eigenvalue weighted by Crippen LogP contribution is 2.54. The minimum Gasteiger partial charge on any atom is -0.501 e. The van der Waals surface area contributed by atoms with Crippen LogP contribution in [0.15, 0.2) is 11.8 Å². The monoisotopic (exact) mass is 194 g/mol. The second kappa shape index (κ2) is 2.99. The third-order valence-electron chi connectivity index (χ3n) is 4.31. The molecular weight excluding hydrogens is 176 g/mol. The van der Waals surface area contributed by atoms with Gasteiger partial charge in [-0.2, -0.15) is 0 Å². The summed E-state index contributed by atoms with van der Waals surface area (Å²) in [6.45, 7) is 0.827. The minimum absolute atomic E-state index is 0.483. The molecule has 2 heteroatoms. The Kier molecular flexibility index (Phi) is 1.88. The van der Waals surface area contributed by atoms with E-state index in [4.69, 9.17) is 4.74 Å². The maximum absolute atomic E-state index is 10.7. The normalized spacial score (nSPS) is 46.2. The average Bonchev–Trinajstić information content (AvgIpc) is 2.79. The maximum Gasteiger partial charge on any atom is 0.0919 e. The molecule has 2 bridgehead atoms. The second-order valence-electron chi connectivity index (χ2n) is 5.12. The fourth-order valence-corrected chi connectivity index (χ4v) is 3.58. The molecular formula is C12H18O2. The van der Waals surface area contributed by atoms with Gasteiger partial charge in [0.15, 0.2) is 0 Å². The first-order valence-electron chi connectivity index (χ1n) is 5.82. The molecule has 1 heterocycles. The highest BCUT2D eigenvalue weighted by Gasteiger charge is 2.51. The van der Waals surface area contributed by atoms with E-state index in [-0.39, 0.29) is 0 Å². The molecule has 0 aromatic carbocycles. The molecule has 0 amide bonds. The average molecular weight is 194 g/mol. The van der Waals surface area contributed by atoms with E-state index in [2.05, 4.69) is 0 Å². The summed E-state index contributed by atoms with van der Waals surface area (Å²) in [5.74, 6) is 1.31. The molecule has 0 saturated heterocycles. The van der Waals surface area contributed by atoms with E-state index in [0.717, 1.165) is 31.8 Å². The molecule has 78 valence electrons. The van der Waals surface area contributed by atoms with Crippen LogP contribution in [-0.2, 0) is 4.74 Å². The minimum atomic E-state index is -0.483. The van der Waals surface area contributed by atoms with Gasteiger partial charge in [0.1, 0.15) is 0 Å². The molecule has 2 nitrogen and oxygen atoms in total. The molecule has 1 aliphatic heterocycles. The second-order valence-corrected chi connectivity index (χ2v) is 5.12. The van der Waals surface area contributed by atoms with Crippen LogP contribution in [0.1, 0.15) is 38.5 Å². The van der Waals surface area contributed by atoms with Crippen molar-refractivity contribution < 1.29 is 9.84 Å². The van der Waals surface area contributed by atoms with Gasteiger partial charge < -0.3 is 9.84 Å². The van der Waals surface area contributed by atoms with Crippen molar-refractivity contribution in [1.29, 1.82) is 0 Å². The van der Waals surface area contributed by atoms with Crippen molar-refractivity contribution in [3.05, 3.63) is 11.8 Å². The van der Waals surface area contributed by atoms with E-state index in [1.807, 2.05) is 6.26 Å². The summed E-state index contributed by atoms with van der Waals surface area (Å²) in [5.41, 5.74) is 0.694. The Hall–Kier alpha value is -0.500. The lowest BCUT2D eigenvalue weighted by atomic mass is 9.77. The maximum atomic E-state index is 10.7. The molecule has 1 N–H and O–H groups in total. The van der Waals surface area contributed by atoms with E-state index in [1.165, 1.54) is 24.8 Å². The highest BCUT2D eigenvalue weighted by molar-refractivity contribution is 5.22. The fourth-order valence-electron chi connectivity index (χ4n) is 3.58. The Morgan fingerprint density at radius 1 is 1.43 bits per heavy atom. The van der Waals surface area contributed by atoms with Gasteiger partial charge in [-0.1, -0.05) is 0 Å². The molecule has 2 aliphatic carbocycles. The quantitative estimate of drug-likeness (QED) is 0.693. The Bertz CT molecular complexity index is 271. The van der Waals surface area contributed by atoms with Gasteiger partial charge in [0.05, 0.1) is 18.5 Å². The lowest BCUT2D eigenvalue weighted by Gasteiger charge is -2.36. The summed E-state index contributed by atoms with van der Waals surface area (Å²) in [6, 6.07) is 0. The first-order chi connectivity index (χ1) is 6.79. The molecule has 0 spiro atoms. The Morgan fingerprint density at radius 3 is 2.93 bits per heavy atom. The first kappa shape index (κ1) is 8.78. The van der Waals surface area contributed by atoms with Gasteiger partial charge in [-0.15, -0.1) is 0 Å². The number of ether oxygens (including phenoxy) is 1. The predicted octanol–water partition coefficient (Wildman–Crippen LogP) is 2.23. The zero-order valence-corrected chi connectivity index (χ0v) is 8.54. The summed E-state index contributed by atoms with van der Waals surface area (Å²) in [7, 11) is 0. The first-order valence-corrected chi connectivity index (χ1v) is 5.82. The van der Waals surface area contributed by atoms with Crippen LogP contribution in [0.3, 0.4) is 0 Å². The van der Waals surface area contributed by atoms with Crippen LogP contribution in [-0.4, -0.2) is 17.3 Å². The third-order valence-corrected chi connectivity index (χ3v) is 4.31. The summed E-state index contributed by atoms with van der Waals surface area (Å²) in [6.07, 6.45) is 8.75. The molecule has 0 aromatic rings.